The minimum absolute atomic E-state index is 0.125. The van der Waals surface area contributed by atoms with Crippen molar-refractivity contribution >= 4 is 23.5 Å². The van der Waals surface area contributed by atoms with Gasteiger partial charge in [0.1, 0.15) is 5.75 Å². The van der Waals surface area contributed by atoms with Crippen LogP contribution in [0, 0.1) is 0 Å². The molecule has 5 nitrogen and oxygen atoms in total. The number of benzene rings is 1. The topological polar surface area (TPSA) is 75.6 Å². The molecule has 0 fully saturated rings. The first-order valence-electron chi connectivity index (χ1n) is 6.84. The highest BCUT2D eigenvalue weighted by atomic mass is 35.5. The third-order valence-electron chi connectivity index (χ3n) is 3.02. The van der Waals surface area contributed by atoms with E-state index in [1.165, 1.54) is 7.11 Å². The van der Waals surface area contributed by atoms with Gasteiger partial charge in [0.05, 0.1) is 13.5 Å². The molecule has 0 aromatic heterocycles. The van der Waals surface area contributed by atoms with Crippen LogP contribution < -0.4 is 10.1 Å². The first kappa shape index (κ1) is 17.3. The predicted molar refractivity (Wildman–Crippen MR) is 80.8 cm³/mol. The van der Waals surface area contributed by atoms with E-state index in [4.69, 9.17) is 21.4 Å². The molecule has 0 heterocycles. The number of halogens is 1. The molecule has 1 rings (SSSR count). The summed E-state index contributed by atoms with van der Waals surface area (Å²) in [4.78, 5) is 22.2. The van der Waals surface area contributed by atoms with E-state index >= 15 is 0 Å². The third kappa shape index (κ3) is 6.49. The fourth-order valence-corrected chi connectivity index (χ4v) is 2.16. The number of nitrogens with one attached hydrogen (secondary N) is 1. The molecule has 0 atom stereocenters. The highest BCUT2D eigenvalue weighted by Gasteiger charge is 2.11. The number of unbranched alkanes of at least 4 members (excludes halogenated alkanes) is 2. The Morgan fingerprint density at radius 2 is 2.05 bits per heavy atom. The van der Waals surface area contributed by atoms with Gasteiger partial charge >= 0.3 is 5.97 Å². The summed E-state index contributed by atoms with van der Waals surface area (Å²) in [6, 6.07) is 5.25. The molecule has 1 aromatic carbocycles. The molecule has 0 unspecified atom stereocenters. The smallest absolute Gasteiger partial charge is 0.303 e. The molecule has 21 heavy (non-hydrogen) atoms. The Morgan fingerprint density at radius 1 is 1.29 bits per heavy atom. The van der Waals surface area contributed by atoms with E-state index in [1.807, 2.05) is 0 Å². The van der Waals surface area contributed by atoms with Crippen molar-refractivity contribution in [2.45, 2.75) is 32.1 Å². The summed E-state index contributed by atoms with van der Waals surface area (Å²) in [6.45, 7) is 0.533. The first-order chi connectivity index (χ1) is 10.0. The summed E-state index contributed by atoms with van der Waals surface area (Å²) in [7, 11) is 1.54. The van der Waals surface area contributed by atoms with E-state index < -0.39 is 5.97 Å². The van der Waals surface area contributed by atoms with Crippen molar-refractivity contribution < 1.29 is 19.4 Å². The molecule has 1 aromatic rings. The van der Waals surface area contributed by atoms with Gasteiger partial charge in [0.2, 0.25) is 5.91 Å². The molecule has 2 N–H and O–H groups in total. The summed E-state index contributed by atoms with van der Waals surface area (Å²) in [6.07, 6.45) is 2.51. The number of hydrogen-bond acceptors (Lipinski definition) is 3. The van der Waals surface area contributed by atoms with Crippen molar-refractivity contribution in [1.82, 2.24) is 5.32 Å². The summed E-state index contributed by atoms with van der Waals surface area (Å²) >= 11 is 6.07. The highest BCUT2D eigenvalue weighted by molar-refractivity contribution is 6.31. The lowest BCUT2D eigenvalue weighted by atomic mass is 10.1. The zero-order valence-electron chi connectivity index (χ0n) is 12.0. The zero-order chi connectivity index (χ0) is 15.7. The number of carboxylic acids is 1. The van der Waals surface area contributed by atoms with Crippen LogP contribution in [-0.4, -0.2) is 30.6 Å². The van der Waals surface area contributed by atoms with Crippen LogP contribution in [0.1, 0.15) is 31.2 Å². The lowest BCUT2D eigenvalue weighted by Crippen LogP contribution is -2.26. The van der Waals surface area contributed by atoms with E-state index in [1.54, 1.807) is 18.2 Å². The Bertz CT molecular complexity index is 491. The average Bonchev–Trinajstić information content (AvgIpc) is 2.44. The van der Waals surface area contributed by atoms with Gasteiger partial charge in [0.25, 0.3) is 0 Å². The molecule has 0 saturated carbocycles. The number of ether oxygens (including phenoxy) is 1. The quantitative estimate of drug-likeness (QED) is 0.687. The number of carbonyl (C=O) groups is 2. The Morgan fingerprint density at radius 3 is 2.71 bits per heavy atom. The van der Waals surface area contributed by atoms with Gasteiger partial charge in [0.15, 0.2) is 0 Å². The van der Waals surface area contributed by atoms with Crippen molar-refractivity contribution in [3.63, 3.8) is 0 Å². The monoisotopic (exact) mass is 313 g/mol. The Hall–Kier alpha value is -1.75. The van der Waals surface area contributed by atoms with Gasteiger partial charge in [-0.05, 0) is 25.0 Å². The van der Waals surface area contributed by atoms with Gasteiger partial charge in [-0.15, -0.1) is 0 Å². The number of carboxylic acid groups (broad SMARTS) is 1. The molecule has 0 aliphatic heterocycles. The van der Waals surface area contributed by atoms with Crippen LogP contribution in [0.15, 0.2) is 18.2 Å². The van der Waals surface area contributed by atoms with E-state index in [0.29, 0.717) is 29.3 Å². The molecule has 0 spiro atoms. The molecular weight excluding hydrogens is 294 g/mol. The predicted octanol–water partition coefficient (Wildman–Crippen LogP) is 2.65. The van der Waals surface area contributed by atoms with Gasteiger partial charge in [-0.25, -0.2) is 0 Å². The van der Waals surface area contributed by atoms with Gasteiger partial charge in [-0.3, -0.25) is 9.59 Å². The minimum Gasteiger partial charge on any atom is -0.496 e. The van der Waals surface area contributed by atoms with E-state index in [-0.39, 0.29) is 18.7 Å². The lowest BCUT2D eigenvalue weighted by Gasteiger charge is -2.10. The number of aliphatic carboxylic acids is 1. The van der Waals surface area contributed by atoms with Crippen molar-refractivity contribution in [3.05, 3.63) is 28.8 Å². The summed E-state index contributed by atoms with van der Waals surface area (Å²) in [5.74, 6) is -0.316. The number of amides is 1. The fraction of sp³-hybridized carbons (Fsp3) is 0.467. The first-order valence-corrected chi connectivity index (χ1v) is 7.22. The number of carbonyl (C=O) groups excluding carboxylic acids is 1. The highest BCUT2D eigenvalue weighted by Crippen LogP contribution is 2.26. The maximum atomic E-state index is 11.9. The number of rotatable bonds is 9. The standard InChI is InChI=1S/C15H20ClNO4/c1-21-13-7-5-6-12(16)11(13)10-14(18)17-9-4-2-3-8-15(19)20/h5-7H,2-4,8-10H2,1H3,(H,17,18)(H,19,20). The van der Waals surface area contributed by atoms with Crippen LogP contribution in [-0.2, 0) is 16.0 Å². The Kier molecular flexibility index (Phi) is 7.61. The van der Waals surface area contributed by atoms with Gasteiger partial charge in [0, 0.05) is 23.6 Å². The number of methoxy groups -OCH3 is 1. The van der Waals surface area contributed by atoms with E-state index in [2.05, 4.69) is 5.32 Å². The van der Waals surface area contributed by atoms with Gasteiger partial charge in [-0.2, -0.15) is 0 Å². The molecule has 6 heteroatoms. The third-order valence-corrected chi connectivity index (χ3v) is 3.38. The molecular formula is C15H20ClNO4. The van der Waals surface area contributed by atoms with Gasteiger partial charge in [-0.1, -0.05) is 24.1 Å². The van der Waals surface area contributed by atoms with Crippen molar-refractivity contribution in [3.8, 4) is 5.75 Å². The molecule has 0 aliphatic carbocycles. The van der Waals surface area contributed by atoms with Crippen LogP contribution in [0.3, 0.4) is 0 Å². The molecule has 1 amide bonds. The van der Waals surface area contributed by atoms with Crippen LogP contribution in [0.4, 0.5) is 0 Å². The maximum Gasteiger partial charge on any atom is 0.303 e. The second kappa shape index (κ2) is 9.23. The van der Waals surface area contributed by atoms with Gasteiger partial charge < -0.3 is 15.2 Å². The van der Waals surface area contributed by atoms with Crippen LogP contribution in [0.25, 0.3) is 0 Å². The molecule has 0 saturated heterocycles. The second-order valence-corrected chi connectivity index (χ2v) is 5.06. The van der Waals surface area contributed by atoms with Crippen LogP contribution in [0.5, 0.6) is 5.75 Å². The summed E-state index contributed by atoms with van der Waals surface area (Å²) in [5, 5.41) is 11.8. The lowest BCUT2D eigenvalue weighted by molar-refractivity contribution is -0.137. The molecule has 0 aliphatic rings. The largest absolute Gasteiger partial charge is 0.496 e. The average molecular weight is 314 g/mol. The van der Waals surface area contributed by atoms with E-state index in [0.717, 1.165) is 12.8 Å². The summed E-state index contributed by atoms with van der Waals surface area (Å²) in [5.41, 5.74) is 0.671. The summed E-state index contributed by atoms with van der Waals surface area (Å²) < 4.78 is 5.19. The van der Waals surface area contributed by atoms with Crippen molar-refractivity contribution in [2.24, 2.45) is 0 Å². The Balaban J connectivity index is 2.33. The SMILES string of the molecule is COc1cccc(Cl)c1CC(=O)NCCCCCC(=O)O. The molecule has 0 radical (unpaired) electrons. The zero-order valence-corrected chi connectivity index (χ0v) is 12.8. The second-order valence-electron chi connectivity index (χ2n) is 4.65. The van der Waals surface area contributed by atoms with E-state index in [9.17, 15) is 9.59 Å². The van der Waals surface area contributed by atoms with Crippen molar-refractivity contribution in [2.75, 3.05) is 13.7 Å². The maximum absolute atomic E-state index is 11.9. The Labute approximate surface area is 129 Å². The normalized spacial score (nSPS) is 10.2. The van der Waals surface area contributed by atoms with Crippen molar-refractivity contribution in [1.29, 1.82) is 0 Å². The van der Waals surface area contributed by atoms with Crippen LogP contribution >= 0.6 is 11.6 Å². The minimum atomic E-state index is -0.787. The van der Waals surface area contributed by atoms with Crippen LogP contribution in [0.2, 0.25) is 5.02 Å². The fourth-order valence-electron chi connectivity index (χ4n) is 1.93. The molecule has 116 valence electrons. The number of hydrogen-bond donors (Lipinski definition) is 2. The molecule has 0 bridgehead atoms.